The topological polar surface area (TPSA) is 12.9 Å². The molecule has 1 fully saturated rings. The van der Waals surface area contributed by atoms with Gasteiger partial charge < -0.3 is 0 Å². The van der Waals surface area contributed by atoms with Crippen molar-refractivity contribution < 1.29 is 0 Å². The number of rotatable bonds is 5. The molecule has 0 aliphatic heterocycles. The molecule has 2 heteroatoms. The molecule has 1 nitrogen and oxygen atoms in total. The number of aromatic nitrogens is 1. The summed E-state index contributed by atoms with van der Waals surface area (Å²) in [4.78, 5) is 4.69. The van der Waals surface area contributed by atoms with Gasteiger partial charge in [-0.25, -0.2) is 0 Å². The molecule has 0 saturated heterocycles. The van der Waals surface area contributed by atoms with E-state index < -0.39 is 0 Å². The molecule has 0 radical (unpaired) electrons. The quantitative estimate of drug-likeness (QED) is 0.717. The highest BCUT2D eigenvalue weighted by atomic mass is 35.5. The third-order valence-electron chi connectivity index (χ3n) is 3.70. The van der Waals surface area contributed by atoms with Gasteiger partial charge in [0.2, 0.25) is 0 Å². The maximum absolute atomic E-state index is 6.32. The van der Waals surface area contributed by atoms with Crippen LogP contribution < -0.4 is 0 Å². The van der Waals surface area contributed by atoms with E-state index in [0.29, 0.717) is 5.38 Å². The van der Waals surface area contributed by atoms with Crippen molar-refractivity contribution in [2.45, 2.75) is 37.5 Å². The first kappa shape index (κ1) is 12.0. The Morgan fingerprint density at radius 3 is 2.83 bits per heavy atom. The van der Waals surface area contributed by atoms with E-state index in [4.69, 9.17) is 11.6 Å². The molecule has 0 bridgehead atoms. The van der Waals surface area contributed by atoms with E-state index in [9.17, 15) is 0 Å². The van der Waals surface area contributed by atoms with Crippen LogP contribution in [0.2, 0.25) is 0 Å². The predicted molar refractivity (Wildman–Crippen MR) is 77.0 cm³/mol. The zero-order chi connectivity index (χ0) is 12.4. The molecular weight excluding hydrogens is 242 g/mol. The number of pyridine rings is 1. The van der Waals surface area contributed by atoms with Crippen LogP contribution in [-0.4, -0.2) is 10.4 Å². The zero-order valence-electron chi connectivity index (χ0n) is 10.5. The molecule has 1 aromatic heterocycles. The summed E-state index contributed by atoms with van der Waals surface area (Å²) in [5, 5.41) is 1.61. The monoisotopic (exact) mass is 259 g/mol. The normalized spacial score (nSPS) is 16.9. The van der Waals surface area contributed by atoms with Crippen molar-refractivity contribution in [3.8, 4) is 0 Å². The van der Waals surface area contributed by atoms with Crippen molar-refractivity contribution in [2.75, 3.05) is 0 Å². The van der Waals surface area contributed by atoms with Crippen LogP contribution in [0.15, 0.2) is 36.4 Å². The summed E-state index contributed by atoms with van der Waals surface area (Å²) in [5.41, 5.74) is 2.29. The summed E-state index contributed by atoms with van der Waals surface area (Å²) >= 11 is 6.32. The molecule has 0 amide bonds. The minimum Gasteiger partial charge on any atom is -0.253 e. The maximum Gasteiger partial charge on any atom is 0.0705 e. The molecule has 1 saturated carbocycles. The maximum atomic E-state index is 6.32. The SMILES string of the molecule is ClC(CCCc1ccc2ccccc2n1)C1CC1. The van der Waals surface area contributed by atoms with Gasteiger partial charge in [0.15, 0.2) is 0 Å². The first-order valence-electron chi connectivity index (χ1n) is 6.82. The van der Waals surface area contributed by atoms with Gasteiger partial charge in [-0.2, -0.15) is 0 Å². The number of hydrogen-bond acceptors (Lipinski definition) is 1. The summed E-state index contributed by atoms with van der Waals surface area (Å²) in [6, 6.07) is 12.6. The number of nitrogens with zero attached hydrogens (tertiary/aromatic N) is 1. The number of alkyl halides is 1. The standard InChI is InChI=1S/C16H18ClN/c17-15(12-8-9-12)6-3-5-14-11-10-13-4-1-2-7-16(13)18-14/h1-2,4,7,10-12,15H,3,5-6,8-9H2. The highest BCUT2D eigenvalue weighted by Gasteiger charge is 2.28. The number of hydrogen-bond donors (Lipinski definition) is 0. The summed E-state index contributed by atoms with van der Waals surface area (Å²) in [6.45, 7) is 0. The van der Waals surface area contributed by atoms with E-state index in [1.807, 2.05) is 6.07 Å². The van der Waals surface area contributed by atoms with E-state index in [0.717, 1.165) is 30.7 Å². The lowest BCUT2D eigenvalue weighted by molar-refractivity contribution is 0.633. The van der Waals surface area contributed by atoms with Crippen LogP contribution in [0.5, 0.6) is 0 Å². The van der Waals surface area contributed by atoms with Gasteiger partial charge in [0.1, 0.15) is 0 Å². The van der Waals surface area contributed by atoms with Gasteiger partial charge in [-0.3, -0.25) is 4.98 Å². The molecule has 2 aromatic rings. The fourth-order valence-electron chi connectivity index (χ4n) is 2.42. The van der Waals surface area contributed by atoms with Crippen molar-refractivity contribution in [2.24, 2.45) is 5.92 Å². The van der Waals surface area contributed by atoms with Crippen molar-refractivity contribution >= 4 is 22.5 Å². The first-order valence-corrected chi connectivity index (χ1v) is 7.25. The van der Waals surface area contributed by atoms with Gasteiger partial charge in [0, 0.05) is 16.5 Å². The fourth-order valence-corrected chi connectivity index (χ4v) is 2.83. The largest absolute Gasteiger partial charge is 0.253 e. The molecule has 0 N–H and O–H groups in total. The van der Waals surface area contributed by atoms with Gasteiger partial charge in [-0.1, -0.05) is 24.3 Å². The van der Waals surface area contributed by atoms with Crippen molar-refractivity contribution in [1.82, 2.24) is 4.98 Å². The number of aryl methyl sites for hydroxylation is 1. The molecular formula is C16H18ClN. The third-order valence-corrected chi connectivity index (χ3v) is 4.28. The highest BCUT2D eigenvalue weighted by Crippen LogP contribution is 2.37. The van der Waals surface area contributed by atoms with E-state index in [1.54, 1.807) is 0 Å². The number of para-hydroxylation sites is 1. The average Bonchev–Trinajstić information content (AvgIpc) is 3.23. The van der Waals surface area contributed by atoms with Crippen LogP contribution in [0.3, 0.4) is 0 Å². The van der Waals surface area contributed by atoms with Gasteiger partial charge in [-0.15, -0.1) is 11.6 Å². The van der Waals surface area contributed by atoms with Gasteiger partial charge >= 0.3 is 0 Å². The third kappa shape index (κ3) is 2.84. The Morgan fingerprint density at radius 1 is 1.17 bits per heavy atom. The highest BCUT2D eigenvalue weighted by molar-refractivity contribution is 6.20. The minimum absolute atomic E-state index is 0.394. The summed E-state index contributed by atoms with van der Waals surface area (Å²) in [7, 11) is 0. The Hall–Kier alpha value is -1.08. The van der Waals surface area contributed by atoms with Crippen molar-refractivity contribution in [3.05, 3.63) is 42.1 Å². The average molecular weight is 260 g/mol. The molecule has 1 atom stereocenters. The Balaban J connectivity index is 1.60. The number of benzene rings is 1. The molecule has 1 unspecified atom stereocenters. The second-order valence-electron chi connectivity index (χ2n) is 5.24. The molecule has 94 valence electrons. The molecule has 1 aliphatic rings. The lowest BCUT2D eigenvalue weighted by atomic mass is 10.1. The van der Waals surface area contributed by atoms with E-state index in [1.165, 1.54) is 23.9 Å². The molecule has 0 spiro atoms. The molecule has 1 heterocycles. The van der Waals surface area contributed by atoms with E-state index in [2.05, 4.69) is 35.3 Å². The predicted octanol–water partition coefficient (Wildman–Crippen LogP) is 4.57. The minimum atomic E-state index is 0.394. The Bertz CT molecular complexity index is 533. The summed E-state index contributed by atoms with van der Waals surface area (Å²) < 4.78 is 0. The second kappa shape index (κ2) is 5.27. The zero-order valence-corrected chi connectivity index (χ0v) is 11.2. The van der Waals surface area contributed by atoms with Gasteiger partial charge in [0.05, 0.1) is 5.52 Å². The number of fused-ring (bicyclic) bond motifs is 1. The summed E-state index contributed by atoms with van der Waals surface area (Å²) in [5.74, 6) is 0.802. The lowest BCUT2D eigenvalue weighted by Crippen LogP contribution is -2.02. The lowest BCUT2D eigenvalue weighted by Gasteiger charge is -2.07. The first-order chi connectivity index (χ1) is 8.83. The molecule has 3 rings (SSSR count). The molecule has 18 heavy (non-hydrogen) atoms. The van der Waals surface area contributed by atoms with Crippen LogP contribution in [0.1, 0.15) is 31.4 Å². The van der Waals surface area contributed by atoms with Crippen LogP contribution in [0, 0.1) is 5.92 Å². The van der Waals surface area contributed by atoms with Crippen LogP contribution in [0.4, 0.5) is 0 Å². The van der Waals surface area contributed by atoms with Crippen molar-refractivity contribution in [1.29, 1.82) is 0 Å². The van der Waals surface area contributed by atoms with Crippen LogP contribution in [-0.2, 0) is 6.42 Å². The van der Waals surface area contributed by atoms with Crippen LogP contribution >= 0.6 is 11.6 Å². The van der Waals surface area contributed by atoms with Crippen molar-refractivity contribution in [3.63, 3.8) is 0 Å². The Labute approximate surface area is 113 Å². The fraction of sp³-hybridized carbons (Fsp3) is 0.438. The van der Waals surface area contributed by atoms with Gasteiger partial charge in [-0.05, 0) is 50.2 Å². The van der Waals surface area contributed by atoms with E-state index in [-0.39, 0.29) is 0 Å². The molecule has 1 aromatic carbocycles. The van der Waals surface area contributed by atoms with E-state index >= 15 is 0 Å². The smallest absolute Gasteiger partial charge is 0.0705 e. The number of halogens is 1. The summed E-state index contributed by atoms with van der Waals surface area (Å²) in [6.07, 6.45) is 5.99. The Morgan fingerprint density at radius 2 is 2.00 bits per heavy atom. The molecule has 1 aliphatic carbocycles. The Kier molecular flexibility index (Phi) is 3.51. The van der Waals surface area contributed by atoms with Crippen LogP contribution in [0.25, 0.3) is 10.9 Å². The second-order valence-corrected chi connectivity index (χ2v) is 5.80. The van der Waals surface area contributed by atoms with Gasteiger partial charge in [0.25, 0.3) is 0 Å².